The number of nitrogens with zero attached hydrogens (tertiary/aromatic N) is 2. The molecule has 3 aromatic rings. The van der Waals surface area contributed by atoms with Gasteiger partial charge in [-0.1, -0.05) is 17.7 Å². The molecule has 0 aliphatic rings. The summed E-state index contributed by atoms with van der Waals surface area (Å²) in [6.07, 6.45) is 4.51. The van der Waals surface area contributed by atoms with Crippen LogP contribution < -0.4 is 5.43 Å². The van der Waals surface area contributed by atoms with Crippen molar-refractivity contribution in [2.45, 2.75) is 6.92 Å². The van der Waals surface area contributed by atoms with E-state index < -0.39 is 0 Å². The molecule has 24 heavy (non-hydrogen) atoms. The van der Waals surface area contributed by atoms with Crippen molar-refractivity contribution in [3.63, 3.8) is 0 Å². The minimum absolute atomic E-state index is 0.336. The van der Waals surface area contributed by atoms with Gasteiger partial charge in [0, 0.05) is 23.0 Å². The van der Waals surface area contributed by atoms with Crippen molar-refractivity contribution in [2.75, 3.05) is 0 Å². The number of furan rings is 1. The Bertz CT molecular complexity index is 888. The molecule has 3 rings (SSSR count). The Labute approximate surface area is 144 Å². The van der Waals surface area contributed by atoms with Crippen molar-refractivity contribution in [3.8, 4) is 11.3 Å². The van der Waals surface area contributed by atoms with Crippen molar-refractivity contribution >= 4 is 23.7 Å². The normalized spacial score (nSPS) is 10.9. The molecule has 0 bridgehead atoms. The maximum Gasteiger partial charge on any atom is 0.272 e. The number of carbonyl (C=O) groups is 1. The van der Waals surface area contributed by atoms with E-state index in [2.05, 4.69) is 15.5 Å². The van der Waals surface area contributed by atoms with Crippen LogP contribution in [0.25, 0.3) is 11.3 Å². The molecule has 1 amide bonds. The van der Waals surface area contributed by atoms with Gasteiger partial charge in [0.2, 0.25) is 0 Å². The molecule has 0 saturated carbocycles. The lowest BCUT2D eigenvalue weighted by Gasteiger charge is -2.02. The Balaban J connectivity index is 1.70. The molecular weight excluding hydrogens is 326 g/mol. The fraction of sp³-hybridized carbons (Fsp3) is 0.0556. The van der Waals surface area contributed by atoms with Gasteiger partial charge in [-0.15, -0.1) is 0 Å². The van der Waals surface area contributed by atoms with Crippen LogP contribution in [0.1, 0.15) is 21.7 Å². The van der Waals surface area contributed by atoms with Crippen LogP contribution in [0.15, 0.2) is 64.4 Å². The van der Waals surface area contributed by atoms with Crippen LogP contribution in [0, 0.1) is 6.92 Å². The standard InChI is InChI=1S/C18H14ClN3O2/c1-12-4-5-14(19)9-16(12)17-7-6-15(24-17)11-21-22-18(23)13-3-2-8-20-10-13/h2-11H,1H3,(H,22,23)/b21-11+. The summed E-state index contributed by atoms with van der Waals surface area (Å²) in [6.45, 7) is 1.98. The molecule has 0 fully saturated rings. The molecule has 2 aromatic heterocycles. The molecule has 0 spiro atoms. The summed E-state index contributed by atoms with van der Waals surface area (Å²) in [5, 5.41) is 4.54. The molecule has 0 saturated heterocycles. The Morgan fingerprint density at radius 3 is 2.96 bits per heavy atom. The van der Waals surface area contributed by atoms with E-state index in [0.29, 0.717) is 22.1 Å². The van der Waals surface area contributed by atoms with Crippen molar-refractivity contribution < 1.29 is 9.21 Å². The molecule has 0 aliphatic heterocycles. The molecular formula is C18H14ClN3O2. The zero-order chi connectivity index (χ0) is 16.9. The first-order valence-corrected chi connectivity index (χ1v) is 7.61. The van der Waals surface area contributed by atoms with Gasteiger partial charge in [0.25, 0.3) is 5.91 Å². The molecule has 0 aliphatic carbocycles. The van der Waals surface area contributed by atoms with Crippen molar-refractivity contribution in [3.05, 3.63) is 76.8 Å². The van der Waals surface area contributed by atoms with Gasteiger partial charge in [0.1, 0.15) is 11.5 Å². The van der Waals surface area contributed by atoms with Crippen LogP contribution in [0.4, 0.5) is 0 Å². The van der Waals surface area contributed by atoms with E-state index in [1.165, 1.54) is 12.4 Å². The molecule has 2 heterocycles. The van der Waals surface area contributed by atoms with Gasteiger partial charge in [0.15, 0.2) is 0 Å². The van der Waals surface area contributed by atoms with E-state index in [4.69, 9.17) is 16.0 Å². The van der Waals surface area contributed by atoms with Crippen LogP contribution in [-0.4, -0.2) is 17.1 Å². The highest BCUT2D eigenvalue weighted by molar-refractivity contribution is 6.30. The van der Waals surface area contributed by atoms with Gasteiger partial charge in [-0.3, -0.25) is 9.78 Å². The average Bonchev–Trinajstić information content (AvgIpc) is 3.06. The van der Waals surface area contributed by atoms with E-state index >= 15 is 0 Å². The number of rotatable bonds is 4. The number of hydrogen-bond acceptors (Lipinski definition) is 4. The highest BCUT2D eigenvalue weighted by atomic mass is 35.5. The predicted octanol–water partition coefficient (Wildman–Crippen LogP) is 4.07. The number of nitrogens with one attached hydrogen (secondary N) is 1. The second-order valence-electron chi connectivity index (χ2n) is 5.10. The summed E-state index contributed by atoms with van der Waals surface area (Å²) in [4.78, 5) is 15.7. The molecule has 6 heteroatoms. The Morgan fingerprint density at radius 1 is 1.29 bits per heavy atom. The number of halogens is 1. The summed E-state index contributed by atoms with van der Waals surface area (Å²) in [7, 11) is 0. The second-order valence-corrected chi connectivity index (χ2v) is 5.54. The van der Waals surface area contributed by atoms with Gasteiger partial charge < -0.3 is 4.42 Å². The number of aryl methyl sites for hydroxylation is 1. The molecule has 120 valence electrons. The van der Waals surface area contributed by atoms with E-state index in [1.54, 1.807) is 24.4 Å². The Kier molecular flexibility index (Phi) is 4.72. The third kappa shape index (κ3) is 3.70. The largest absolute Gasteiger partial charge is 0.455 e. The number of hydrogen-bond donors (Lipinski definition) is 1. The summed E-state index contributed by atoms with van der Waals surface area (Å²) in [6, 6.07) is 12.6. The van der Waals surface area contributed by atoms with Crippen molar-refractivity contribution in [2.24, 2.45) is 5.10 Å². The van der Waals surface area contributed by atoms with E-state index in [1.807, 2.05) is 31.2 Å². The third-order valence-corrected chi connectivity index (χ3v) is 3.61. The SMILES string of the molecule is Cc1ccc(Cl)cc1-c1ccc(/C=N/NC(=O)c2cccnc2)o1. The number of hydrazone groups is 1. The van der Waals surface area contributed by atoms with Crippen LogP contribution in [-0.2, 0) is 0 Å². The van der Waals surface area contributed by atoms with Gasteiger partial charge in [-0.2, -0.15) is 5.10 Å². The quantitative estimate of drug-likeness (QED) is 0.575. The summed E-state index contributed by atoms with van der Waals surface area (Å²) >= 11 is 6.03. The topological polar surface area (TPSA) is 67.5 Å². The minimum atomic E-state index is -0.336. The monoisotopic (exact) mass is 339 g/mol. The van der Waals surface area contributed by atoms with Gasteiger partial charge in [-0.05, 0) is 48.9 Å². The first-order chi connectivity index (χ1) is 11.6. The smallest absolute Gasteiger partial charge is 0.272 e. The zero-order valence-electron chi connectivity index (χ0n) is 12.9. The highest BCUT2D eigenvalue weighted by Crippen LogP contribution is 2.27. The lowest BCUT2D eigenvalue weighted by Crippen LogP contribution is -2.17. The molecule has 5 nitrogen and oxygen atoms in total. The highest BCUT2D eigenvalue weighted by Gasteiger charge is 2.08. The van der Waals surface area contributed by atoms with Crippen LogP contribution in [0.3, 0.4) is 0 Å². The Morgan fingerprint density at radius 2 is 2.17 bits per heavy atom. The minimum Gasteiger partial charge on any atom is -0.455 e. The lowest BCUT2D eigenvalue weighted by molar-refractivity contribution is 0.0955. The van der Waals surface area contributed by atoms with Crippen molar-refractivity contribution in [1.82, 2.24) is 10.4 Å². The zero-order valence-corrected chi connectivity index (χ0v) is 13.6. The lowest BCUT2D eigenvalue weighted by atomic mass is 10.1. The number of benzene rings is 1. The fourth-order valence-corrected chi connectivity index (χ4v) is 2.31. The molecule has 0 radical (unpaired) electrons. The summed E-state index contributed by atoms with van der Waals surface area (Å²) in [5.74, 6) is 0.878. The molecule has 1 aromatic carbocycles. The van der Waals surface area contributed by atoms with Crippen LogP contribution >= 0.6 is 11.6 Å². The van der Waals surface area contributed by atoms with Crippen LogP contribution in [0.2, 0.25) is 5.02 Å². The maximum atomic E-state index is 11.8. The fourth-order valence-electron chi connectivity index (χ4n) is 2.14. The van der Waals surface area contributed by atoms with Crippen LogP contribution in [0.5, 0.6) is 0 Å². The number of pyridine rings is 1. The van der Waals surface area contributed by atoms with E-state index in [9.17, 15) is 4.79 Å². The van der Waals surface area contributed by atoms with Gasteiger partial charge in [0.05, 0.1) is 11.8 Å². The maximum absolute atomic E-state index is 11.8. The Hall–Kier alpha value is -2.92. The molecule has 0 atom stereocenters. The number of aromatic nitrogens is 1. The third-order valence-electron chi connectivity index (χ3n) is 3.37. The summed E-state index contributed by atoms with van der Waals surface area (Å²) in [5.41, 5.74) is 4.84. The first-order valence-electron chi connectivity index (χ1n) is 7.23. The number of amides is 1. The summed E-state index contributed by atoms with van der Waals surface area (Å²) < 4.78 is 5.72. The molecule has 0 unspecified atom stereocenters. The van der Waals surface area contributed by atoms with E-state index in [0.717, 1.165) is 11.1 Å². The van der Waals surface area contributed by atoms with Crippen molar-refractivity contribution in [1.29, 1.82) is 0 Å². The van der Waals surface area contributed by atoms with Gasteiger partial charge in [-0.25, -0.2) is 5.43 Å². The number of carbonyl (C=O) groups excluding carboxylic acids is 1. The second kappa shape index (κ2) is 7.10. The van der Waals surface area contributed by atoms with Gasteiger partial charge >= 0.3 is 0 Å². The first kappa shape index (κ1) is 16.0. The average molecular weight is 340 g/mol. The molecule has 1 N–H and O–H groups in total. The predicted molar refractivity (Wildman–Crippen MR) is 93.2 cm³/mol. The van der Waals surface area contributed by atoms with E-state index in [-0.39, 0.29) is 5.91 Å².